The van der Waals surface area contributed by atoms with Crippen molar-refractivity contribution < 1.29 is 13.9 Å². The molecule has 0 unspecified atom stereocenters. The number of aromatic nitrogens is 2. The van der Waals surface area contributed by atoms with Crippen molar-refractivity contribution in [2.24, 2.45) is 5.92 Å². The molecular weight excluding hydrogens is 383 g/mol. The molecule has 2 heterocycles. The Labute approximate surface area is 178 Å². The standard InChI is InChI=1S/C17H21FN4O.C6H12O/c1-5-6-16(23)22(4)15-10-19-17(20-12(15)3)21-14-8-7-13(18)9-11(14)2;1-6-2-4-7-5-3-6/h7-10H,5-6H2,1-4H3,(H,19,20,21);6H,2-5H2,1H3. The first-order valence-corrected chi connectivity index (χ1v) is 10.5. The number of hydrogen-bond acceptors (Lipinski definition) is 5. The molecule has 2 aromatic rings. The molecule has 0 radical (unpaired) electrons. The number of hydrogen-bond donors (Lipinski definition) is 1. The first kappa shape index (κ1) is 23.7. The number of nitrogens with zero attached hydrogens (tertiary/aromatic N) is 3. The van der Waals surface area contributed by atoms with E-state index >= 15 is 0 Å². The third-order valence-corrected chi connectivity index (χ3v) is 5.10. The Kier molecular flexibility index (Phi) is 9.17. The van der Waals surface area contributed by atoms with Crippen molar-refractivity contribution in [3.8, 4) is 0 Å². The lowest BCUT2D eigenvalue weighted by molar-refractivity contribution is -0.118. The van der Waals surface area contributed by atoms with E-state index < -0.39 is 0 Å². The number of benzene rings is 1. The van der Waals surface area contributed by atoms with Crippen LogP contribution in [0, 0.1) is 25.6 Å². The SMILES string of the molecule is CC1CCOCC1.CCCC(=O)N(C)c1cnc(Nc2ccc(F)cc2C)nc1C. The molecule has 0 spiro atoms. The molecule has 1 fully saturated rings. The van der Waals surface area contributed by atoms with Gasteiger partial charge in [-0.2, -0.15) is 0 Å². The Bertz CT molecular complexity index is 838. The number of nitrogens with one attached hydrogen (secondary N) is 1. The predicted octanol–water partition coefficient (Wildman–Crippen LogP) is 5.17. The molecule has 1 aromatic heterocycles. The van der Waals surface area contributed by atoms with Gasteiger partial charge in [0.25, 0.3) is 0 Å². The zero-order valence-electron chi connectivity index (χ0n) is 18.7. The Morgan fingerprint density at radius 2 is 2.00 bits per heavy atom. The topological polar surface area (TPSA) is 67.3 Å². The Morgan fingerprint density at radius 3 is 2.53 bits per heavy atom. The summed E-state index contributed by atoms with van der Waals surface area (Å²) in [6.07, 6.45) is 5.44. The van der Waals surface area contributed by atoms with Crippen LogP contribution in [-0.2, 0) is 9.53 Å². The third kappa shape index (κ3) is 7.06. The molecular formula is C23H33FN4O2. The average Bonchev–Trinajstić information content (AvgIpc) is 2.71. The van der Waals surface area contributed by atoms with Gasteiger partial charge >= 0.3 is 0 Å². The molecule has 1 amide bonds. The van der Waals surface area contributed by atoms with Crippen LogP contribution in [0.3, 0.4) is 0 Å². The molecule has 1 aromatic carbocycles. The van der Waals surface area contributed by atoms with Crippen LogP contribution in [0.2, 0.25) is 0 Å². The minimum Gasteiger partial charge on any atom is -0.381 e. The average molecular weight is 417 g/mol. The van der Waals surface area contributed by atoms with E-state index in [1.54, 1.807) is 24.2 Å². The number of ether oxygens (including phenoxy) is 1. The Morgan fingerprint density at radius 1 is 1.30 bits per heavy atom. The van der Waals surface area contributed by atoms with Crippen LogP contribution in [0.5, 0.6) is 0 Å². The molecule has 0 atom stereocenters. The summed E-state index contributed by atoms with van der Waals surface area (Å²) < 4.78 is 18.3. The quantitative estimate of drug-likeness (QED) is 0.728. The molecule has 164 valence electrons. The normalized spacial score (nSPS) is 13.9. The lowest BCUT2D eigenvalue weighted by Gasteiger charge is -2.19. The molecule has 3 rings (SSSR count). The number of aryl methyl sites for hydroxylation is 2. The fraction of sp³-hybridized carbons (Fsp3) is 0.522. The lowest BCUT2D eigenvalue weighted by Crippen LogP contribution is -2.27. The van der Waals surface area contributed by atoms with Gasteiger partial charge in [-0.25, -0.2) is 14.4 Å². The van der Waals surface area contributed by atoms with Gasteiger partial charge < -0.3 is 15.0 Å². The second-order valence-corrected chi connectivity index (χ2v) is 7.75. The predicted molar refractivity (Wildman–Crippen MR) is 119 cm³/mol. The van der Waals surface area contributed by atoms with Crippen molar-refractivity contribution in [1.82, 2.24) is 9.97 Å². The van der Waals surface area contributed by atoms with Crippen molar-refractivity contribution in [2.45, 2.75) is 53.4 Å². The molecule has 6 nitrogen and oxygen atoms in total. The molecule has 0 aliphatic carbocycles. The summed E-state index contributed by atoms with van der Waals surface area (Å²) in [6, 6.07) is 4.47. The van der Waals surface area contributed by atoms with Gasteiger partial charge in [-0.15, -0.1) is 0 Å². The molecule has 0 saturated carbocycles. The first-order valence-electron chi connectivity index (χ1n) is 10.5. The van der Waals surface area contributed by atoms with Gasteiger partial charge in [0, 0.05) is 32.4 Å². The van der Waals surface area contributed by atoms with E-state index in [2.05, 4.69) is 22.2 Å². The number of rotatable bonds is 5. The first-order chi connectivity index (χ1) is 14.3. The fourth-order valence-electron chi connectivity index (χ4n) is 3.07. The van der Waals surface area contributed by atoms with Crippen LogP contribution in [0.4, 0.5) is 21.7 Å². The van der Waals surface area contributed by atoms with Crippen LogP contribution < -0.4 is 10.2 Å². The summed E-state index contributed by atoms with van der Waals surface area (Å²) in [5, 5.41) is 3.07. The largest absolute Gasteiger partial charge is 0.381 e. The van der Waals surface area contributed by atoms with Gasteiger partial charge in [-0.1, -0.05) is 13.8 Å². The van der Waals surface area contributed by atoms with E-state index in [0.29, 0.717) is 23.8 Å². The van der Waals surface area contributed by atoms with E-state index in [1.807, 2.05) is 20.8 Å². The van der Waals surface area contributed by atoms with Crippen molar-refractivity contribution >= 4 is 23.2 Å². The van der Waals surface area contributed by atoms with Crippen LogP contribution in [-0.4, -0.2) is 36.1 Å². The van der Waals surface area contributed by atoms with Gasteiger partial charge in [0.1, 0.15) is 5.82 Å². The van der Waals surface area contributed by atoms with Gasteiger partial charge in [0.05, 0.1) is 17.6 Å². The van der Waals surface area contributed by atoms with E-state index in [9.17, 15) is 9.18 Å². The zero-order chi connectivity index (χ0) is 22.1. The van der Waals surface area contributed by atoms with Crippen molar-refractivity contribution in [3.63, 3.8) is 0 Å². The Balaban J connectivity index is 0.000000386. The molecule has 30 heavy (non-hydrogen) atoms. The van der Waals surface area contributed by atoms with E-state index in [4.69, 9.17) is 4.74 Å². The lowest BCUT2D eigenvalue weighted by atomic mass is 10.0. The van der Waals surface area contributed by atoms with Crippen LogP contribution in [0.25, 0.3) is 0 Å². The number of anilines is 3. The summed E-state index contributed by atoms with van der Waals surface area (Å²) in [5.41, 5.74) is 2.90. The fourth-order valence-corrected chi connectivity index (χ4v) is 3.07. The maximum atomic E-state index is 13.1. The number of carbonyl (C=O) groups excluding carboxylic acids is 1. The van der Waals surface area contributed by atoms with E-state index in [0.717, 1.165) is 36.8 Å². The molecule has 0 bridgehead atoms. The van der Waals surface area contributed by atoms with Gasteiger partial charge in [-0.3, -0.25) is 4.79 Å². The summed E-state index contributed by atoms with van der Waals surface area (Å²) in [5.74, 6) is 1.08. The van der Waals surface area contributed by atoms with Crippen LogP contribution in [0.1, 0.15) is 50.8 Å². The van der Waals surface area contributed by atoms with E-state index in [1.165, 1.54) is 25.0 Å². The van der Waals surface area contributed by atoms with Crippen molar-refractivity contribution in [3.05, 3.63) is 41.5 Å². The summed E-state index contributed by atoms with van der Waals surface area (Å²) in [4.78, 5) is 22.2. The van der Waals surface area contributed by atoms with Crippen LogP contribution >= 0.6 is 0 Å². The Hall–Kier alpha value is -2.54. The van der Waals surface area contributed by atoms with Crippen molar-refractivity contribution in [2.75, 3.05) is 30.5 Å². The van der Waals surface area contributed by atoms with Gasteiger partial charge in [-0.05, 0) is 62.8 Å². The maximum absolute atomic E-state index is 13.1. The highest BCUT2D eigenvalue weighted by Crippen LogP contribution is 2.22. The van der Waals surface area contributed by atoms with E-state index in [-0.39, 0.29) is 11.7 Å². The van der Waals surface area contributed by atoms with Crippen LogP contribution in [0.15, 0.2) is 24.4 Å². The summed E-state index contributed by atoms with van der Waals surface area (Å²) in [7, 11) is 1.72. The number of carbonyl (C=O) groups is 1. The molecule has 1 aliphatic heterocycles. The number of halogens is 1. The van der Waals surface area contributed by atoms with Crippen molar-refractivity contribution in [1.29, 1.82) is 0 Å². The monoisotopic (exact) mass is 416 g/mol. The van der Waals surface area contributed by atoms with Gasteiger partial charge in [0.15, 0.2) is 0 Å². The zero-order valence-corrected chi connectivity index (χ0v) is 18.7. The maximum Gasteiger partial charge on any atom is 0.227 e. The third-order valence-electron chi connectivity index (χ3n) is 5.10. The molecule has 7 heteroatoms. The number of amides is 1. The minimum atomic E-state index is -0.281. The highest BCUT2D eigenvalue weighted by Gasteiger charge is 2.14. The smallest absolute Gasteiger partial charge is 0.227 e. The highest BCUT2D eigenvalue weighted by molar-refractivity contribution is 5.93. The minimum absolute atomic E-state index is 0.0364. The summed E-state index contributed by atoms with van der Waals surface area (Å²) in [6.45, 7) is 9.86. The second kappa shape index (κ2) is 11.6. The second-order valence-electron chi connectivity index (χ2n) is 7.75. The molecule has 1 saturated heterocycles. The summed E-state index contributed by atoms with van der Waals surface area (Å²) >= 11 is 0. The molecule has 1 aliphatic rings. The molecule has 1 N–H and O–H groups in total. The highest BCUT2D eigenvalue weighted by atomic mass is 19.1. The van der Waals surface area contributed by atoms with Gasteiger partial charge in [0.2, 0.25) is 11.9 Å².